The Morgan fingerprint density at radius 1 is 1.13 bits per heavy atom. The molecule has 31 heavy (non-hydrogen) atoms. The van der Waals surface area contributed by atoms with Crippen LogP contribution < -0.4 is 14.2 Å². The summed E-state index contributed by atoms with van der Waals surface area (Å²) in [7, 11) is -0.337. The van der Waals surface area contributed by atoms with Crippen molar-refractivity contribution < 1.29 is 17.9 Å². The SMILES string of the molecule is COc1cc2c(cc1OC)CN(CCCNS(=O)(=O)c1cccc3nsnc13)CC2.Cl. The van der Waals surface area contributed by atoms with Crippen LogP contribution >= 0.6 is 24.1 Å². The second-order valence-corrected chi connectivity index (χ2v) is 9.41. The van der Waals surface area contributed by atoms with Gasteiger partial charge in [-0.2, -0.15) is 8.75 Å². The third-order valence-electron chi connectivity index (χ3n) is 5.28. The van der Waals surface area contributed by atoms with E-state index in [-0.39, 0.29) is 17.3 Å². The Morgan fingerprint density at radius 3 is 2.61 bits per heavy atom. The summed E-state index contributed by atoms with van der Waals surface area (Å²) >= 11 is 1.01. The minimum absolute atomic E-state index is 0. The summed E-state index contributed by atoms with van der Waals surface area (Å²) in [6.45, 7) is 2.91. The smallest absolute Gasteiger partial charge is 0.242 e. The number of ether oxygens (including phenoxy) is 2. The summed E-state index contributed by atoms with van der Waals surface area (Å²) in [4.78, 5) is 2.51. The lowest BCUT2D eigenvalue weighted by Crippen LogP contribution is -2.33. The van der Waals surface area contributed by atoms with E-state index in [9.17, 15) is 8.42 Å². The van der Waals surface area contributed by atoms with Crippen molar-refractivity contribution in [1.82, 2.24) is 18.4 Å². The van der Waals surface area contributed by atoms with Gasteiger partial charge in [-0.15, -0.1) is 12.4 Å². The van der Waals surface area contributed by atoms with E-state index in [0.29, 0.717) is 24.0 Å². The third-order valence-corrected chi connectivity index (χ3v) is 7.31. The average Bonchev–Trinajstić information content (AvgIpc) is 3.24. The van der Waals surface area contributed by atoms with E-state index >= 15 is 0 Å². The van der Waals surface area contributed by atoms with Crippen molar-refractivity contribution in [2.75, 3.05) is 33.9 Å². The summed E-state index contributed by atoms with van der Waals surface area (Å²) in [5, 5.41) is 0. The predicted octanol–water partition coefficient (Wildman–Crippen LogP) is 2.86. The first kappa shape index (κ1) is 23.7. The molecule has 1 aromatic heterocycles. The lowest BCUT2D eigenvalue weighted by Gasteiger charge is -2.29. The number of nitrogens with one attached hydrogen (secondary N) is 1. The Hall–Kier alpha value is -1.98. The molecule has 168 valence electrons. The molecule has 0 bridgehead atoms. The van der Waals surface area contributed by atoms with Gasteiger partial charge in [-0.25, -0.2) is 13.1 Å². The van der Waals surface area contributed by atoms with Gasteiger partial charge in [-0.3, -0.25) is 4.90 Å². The van der Waals surface area contributed by atoms with Crippen LogP contribution in [0.2, 0.25) is 0 Å². The Balaban J connectivity index is 0.00000272. The molecule has 0 spiro atoms. The van der Waals surface area contributed by atoms with Crippen molar-refractivity contribution in [2.24, 2.45) is 0 Å². The normalized spacial score (nSPS) is 14.1. The number of nitrogens with zero attached hydrogens (tertiary/aromatic N) is 3. The Labute approximate surface area is 192 Å². The zero-order valence-electron chi connectivity index (χ0n) is 17.3. The third kappa shape index (κ3) is 5.09. The number of rotatable bonds is 8. The second kappa shape index (κ2) is 10.1. The molecule has 0 aliphatic carbocycles. The molecular weight excluding hydrogens is 460 g/mol. The van der Waals surface area contributed by atoms with Crippen LogP contribution in [0.25, 0.3) is 11.0 Å². The van der Waals surface area contributed by atoms with Crippen molar-refractivity contribution >= 4 is 45.2 Å². The molecular formula is C20H25ClN4O4S2. The van der Waals surface area contributed by atoms with Gasteiger partial charge in [0.2, 0.25) is 10.0 Å². The van der Waals surface area contributed by atoms with E-state index in [0.717, 1.165) is 49.3 Å². The first-order valence-electron chi connectivity index (χ1n) is 9.69. The van der Waals surface area contributed by atoms with Gasteiger partial charge < -0.3 is 9.47 Å². The summed E-state index contributed by atoms with van der Waals surface area (Å²) in [6, 6.07) is 9.10. The maximum atomic E-state index is 12.7. The molecule has 0 fully saturated rings. The molecule has 0 radical (unpaired) electrons. The molecule has 1 aliphatic heterocycles. The fourth-order valence-corrected chi connectivity index (χ4v) is 5.56. The minimum Gasteiger partial charge on any atom is -0.493 e. The van der Waals surface area contributed by atoms with Gasteiger partial charge in [0, 0.05) is 19.6 Å². The number of methoxy groups -OCH3 is 2. The van der Waals surface area contributed by atoms with Crippen LogP contribution in [0.3, 0.4) is 0 Å². The average molecular weight is 485 g/mol. The number of hydrogen-bond donors (Lipinski definition) is 1. The summed E-state index contributed by atoms with van der Waals surface area (Å²) in [5.41, 5.74) is 3.52. The molecule has 0 unspecified atom stereocenters. The summed E-state index contributed by atoms with van der Waals surface area (Å²) < 4.78 is 47.1. The molecule has 2 aromatic carbocycles. The highest BCUT2D eigenvalue weighted by Gasteiger charge is 2.21. The monoisotopic (exact) mass is 484 g/mol. The number of benzene rings is 2. The highest BCUT2D eigenvalue weighted by molar-refractivity contribution is 7.89. The number of hydrogen-bond acceptors (Lipinski definition) is 8. The van der Waals surface area contributed by atoms with E-state index < -0.39 is 10.0 Å². The fraction of sp³-hybridized carbons (Fsp3) is 0.400. The lowest BCUT2D eigenvalue weighted by atomic mass is 9.98. The number of aromatic nitrogens is 2. The lowest BCUT2D eigenvalue weighted by molar-refractivity contribution is 0.250. The van der Waals surface area contributed by atoms with Crippen LogP contribution in [-0.4, -0.2) is 55.9 Å². The first-order valence-corrected chi connectivity index (χ1v) is 11.9. The van der Waals surface area contributed by atoms with Gasteiger partial charge in [0.15, 0.2) is 11.5 Å². The molecule has 1 N–H and O–H groups in total. The quantitative estimate of drug-likeness (QED) is 0.491. The largest absolute Gasteiger partial charge is 0.493 e. The van der Waals surface area contributed by atoms with Gasteiger partial charge in [-0.05, 0) is 54.8 Å². The number of sulfonamides is 1. The van der Waals surface area contributed by atoms with E-state index in [1.807, 2.05) is 12.1 Å². The van der Waals surface area contributed by atoms with Gasteiger partial charge in [-0.1, -0.05) is 6.07 Å². The zero-order valence-corrected chi connectivity index (χ0v) is 19.8. The van der Waals surface area contributed by atoms with Crippen molar-refractivity contribution in [1.29, 1.82) is 0 Å². The number of fused-ring (bicyclic) bond motifs is 2. The van der Waals surface area contributed by atoms with Crippen LogP contribution in [0.1, 0.15) is 17.5 Å². The van der Waals surface area contributed by atoms with Crippen LogP contribution in [0.4, 0.5) is 0 Å². The molecule has 4 rings (SSSR count). The van der Waals surface area contributed by atoms with E-state index in [4.69, 9.17) is 9.47 Å². The topological polar surface area (TPSA) is 93.7 Å². The Bertz CT molecular complexity index is 1150. The molecule has 0 saturated heterocycles. The predicted molar refractivity (Wildman–Crippen MR) is 123 cm³/mol. The van der Waals surface area contributed by atoms with E-state index in [2.05, 4.69) is 18.4 Å². The maximum Gasteiger partial charge on any atom is 0.242 e. The van der Waals surface area contributed by atoms with Gasteiger partial charge >= 0.3 is 0 Å². The zero-order chi connectivity index (χ0) is 21.1. The molecule has 0 saturated carbocycles. The molecule has 3 aromatic rings. The minimum atomic E-state index is -3.62. The van der Waals surface area contributed by atoms with Crippen LogP contribution in [0.15, 0.2) is 35.2 Å². The second-order valence-electron chi connectivity index (χ2n) is 7.14. The van der Waals surface area contributed by atoms with Crippen LogP contribution in [-0.2, 0) is 23.0 Å². The highest BCUT2D eigenvalue weighted by atomic mass is 35.5. The van der Waals surface area contributed by atoms with E-state index in [1.54, 1.807) is 32.4 Å². The van der Waals surface area contributed by atoms with Crippen molar-refractivity contribution in [3.05, 3.63) is 41.5 Å². The maximum absolute atomic E-state index is 12.7. The number of halogens is 1. The first-order chi connectivity index (χ1) is 14.5. The van der Waals surface area contributed by atoms with Crippen molar-refractivity contribution in [2.45, 2.75) is 24.3 Å². The van der Waals surface area contributed by atoms with E-state index in [1.165, 1.54) is 11.1 Å². The van der Waals surface area contributed by atoms with Crippen LogP contribution in [0, 0.1) is 0 Å². The van der Waals surface area contributed by atoms with Gasteiger partial charge in [0.05, 0.1) is 25.9 Å². The molecule has 0 atom stereocenters. The highest BCUT2D eigenvalue weighted by Crippen LogP contribution is 2.33. The summed E-state index contributed by atoms with van der Waals surface area (Å²) in [5.74, 6) is 1.49. The van der Waals surface area contributed by atoms with Gasteiger partial charge in [0.25, 0.3) is 0 Å². The van der Waals surface area contributed by atoms with Crippen molar-refractivity contribution in [3.8, 4) is 11.5 Å². The molecule has 2 heterocycles. The Morgan fingerprint density at radius 2 is 1.87 bits per heavy atom. The Kier molecular flexibility index (Phi) is 7.71. The molecule has 11 heteroatoms. The fourth-order valence-electron chi connectivity index (χ4n) is 3.72. The van der Waals surface area contributed by atoms with Crippen molar-refractivity contribution in [3.63, 3.8) is 0 Å². The molecule has 8 nitrogen and oxygen atoms in total. The van der Waals surface area contributed by atoms with Gasteiger partial charge in [0.1, 0.15) is 15.9 Å². The molecule has 0 amide bonds. The standard InChI is InChI=1S/C20H24N4O4S2.ClH/c1-27-17-11-14-7-10-24(13-15(14)12-18(17)28-2)9-4-8-21-30(25,26)19-6-3-5-16-20(19)23-29-22-16;/h3,5-6,11-12,21H,4,7-10,13H2,1-2H3;1H. The molecule has 1 aliphatic rings. The summed E-state index contributed by atoms with van der Waals surface area (Å²) in [6.07, 6.45) is 1.65. The van der Waals surface area contributed by atoms with Crippen LogP contribution in [0.5, 0.6) is 11.5 Å².